The largest absolute Gasteiger partial charge is 0.298 e. The van der Waals surface area contributed by atoms with Crippen molar-refractivity contribution in [3.8, 4) is 0 Å². The van der Waals surface area contributed by atoms with Crippen molar-refractivity contribution in [3.63, 3.8) is 0 Å². The van der Waals surface area contributed by atoms with Crippen LogP contribution in [0.3, 0.4) is 0 Å². The minimum absolute atomic E-state index is 0.101. The predicted octanol–water partition coefficient (Wildman–Crippen LogP) is 4.05. The SMILES string of the molecule is Fc1cccc(CN2CCN3CCC[C@H]3[C@@H]2C2CCCCC2)c1. The van der Waals surface area contributed by atoms with E-state index in [1.165, 1.54) is 58.0 Å². The fourth-order valence-electron chi connectivity index (χ4n) is 5.31. The Morgan fingerprint density at radius 2 is 1.83 bits per heavy atom. The van der Waals surface area contributed by atoms with E-state index in [-0.39, 0.29) is 5.82 Å². The summed E-state index contributed by atoms with van der Waals surface area (Å²) >= 11 is 0. The quantitative estimate of drug-likeness (QED) is 0.830. The maximum atomic E-state index is 13.6. The minimum atomic E-state index is -0.101. The highest BCUT2D eigenvalue weighted by molar-refractivity contribution is 5.17. The summed E-state index contributed by atoms with van der Waals surface area (Å²) < 4.78 is 13.6. The molecule has 3 heteroatoms. The van der Waals surface area contributed by atoms with E-state index in [0.29, 0.717) is 6.04 Å². The Balaban J connectivity index is 1.55. The van der Waals surface area contributed by atoms with Gasteiger partial charge in [-0.15, -0.1) is 0 Å². The molecule has 2 saturated heterocycles. The van der Waals surface area contributed by atoms with Crippen molar-refractivity contribution in [2.24, 2.45) is 5.92 Å². The number of hydrogen-bond donors (Lipinski definition) is 0. The zero-order valence-electron chi connectivity index (χ0n) is 14.1. The van der Waals surface area contributed by atoms with Gasteiger partial charge in [0.25, 0.3) is 0 Å². The summed E-state index contributed by atoms with van der Waals surface area (Å²) in [5.74, 6) is 0.749. The van der Waals surface area contributed by atoms with E-state index >= 15 is 0 Å². The van der Waals surface area contributed by atoms with E-state index in [4.69, 9.17) is 0 Å². The standard InChI is InChI=1S/C20H29FN2/c21-18-9-4-6-16(14-18)15-23-13-12-22-11-5-10-19(22)20(23)17-7-2-1-3-8-17/h4,6,9,14,17,19-20H,1-3,5,7-8,10-13,15H2/t19-,20-/m0/s1. The Hall–Kier alpha value is -0.930. The predicted molar refractivity (Wildman–Crippen MR) is 91.8 cm³/mol. The molecule has 0 unspecified atom stereocenters. The molecule has 2 aliphatic heterocycles. The number of fused-ring (bicyclic) bond motifs is 1. The lowest BCUT2D eigenvalue weighted by Gasteiger charge is -2.49. The highest BCUT2D eigenvalue weighted by atomic mass is 19.1. The molecule has 1 aromatic rings. The molecule has 2 nitrogen and oxygen atoms in total. The molecule has 2 atom stereocenters. The van der Waals surface area contributed by atoms with E-state index in [0.717, 1.165) is 30.6 Å². The molecule has 0 bridgehead atoms. The first-order chi connectivity index (χ1) is 11.3. The lowest BCUT2D eigenvalue weighted by Crippen LogP contribution is -2.59. The second-order valence-corrected chi connectivity index (χ2v) is 7.73. The first kappa shape index (κ1) is 15.6. The van der Waals surface area contributed by atoms with Crippen LogP contribution in [-0.4, -0.2) is 41.5 Å². The molecule has 1 aliphatic carbocycles. The number of benzene rings is 1. The fraction of sp³-hybridized carbons (Fsp3) is 0.700. The molecule has 0 N–H and O–H groups in total. The van der Waals surface area contributed by atoms with Crippen LogP contribution in [0.5, 0.6) is 0 Å². The highest BCUT2D eigenvalue weighted by Crippen LogP contribution is 2.38. The Labute approximate surface area is 139 Å². The van der Waals surface area contributed by atoms with Gasteiger partial charge in [-0.25, -0.2) is 4.39 Å². The van der Waals surface area contributed by atoms with E-state index in [2.05, 4.69) is 15.9 Å². The van der Waals surface area contributed by atoms with Crippen molar-refractivity contribution in [2.45, 2.75) is 63.6 Å². The third kappa shape index (κ3) is 3.32. The normalized spacial score (nSPS) is 30.5. The summed E-state index contributed by atoms with van der Waals surface area (Å²) in [5.41, 5.74) is 1.14. The lowest BCUT2D eigenvalue weighted by atomic mass is 9.78. The average molecular weight is 316 g/mol. The van der Waals surface area contributed by atoms with Crippen molar-refractivity contribution in [2.75, 3.05) is 19.6 Å². The number of piperazine rings is 1. The summed E-state index contributed by atoms with van der Waals surface area (Å²) in [6.45, 7) is 4.56. The first-order valence-electron chi connectivity index (χ1n) is 9.54. The van der Waals surface area contributed by atoms with Gasteiger partial charge < -0.3 is 0 Å². The molecule has 3 aliphatic rings. The van der Waals surface area contributed by atoms with Crippen LogP contribution in [-0.2, 0) is 6.54 Å². The van der Waals surface area contributed by atoms with Crippen LogP contribution in [0.4, 0.5) is 4.39 Å². The molecular weight excluding hydrogens is 287 g/mol. The Morgan fingerprint density at radius 3 is 2.65 bits per heavy atom. The molecular formula is C20H29FN2. The first-order valence-corrected chi connectivity index (χ1v) is 9.54. The van der Waals surface area contributed by atoms with Gasteiger partial charge >= 0.3 is 0 Å². The van der Waals surface area contributed by atoms with E-state index in [1.807, 2.05) is 6.07 Å². The minimum Gasteiger partial charge on any atom is -0.298 e. The van der Waals surface area contributed by atoms with Gasteiger partial charge in [-0.1, -0.05) is 31.4 Å². The number of nitrogens with zero attached hydrogens (tertiary/aromatic N) is 2. The maximum Gasteiger partial charge on any atom is 0.123 e. The van der Waals surface area contributed by atoms with Crippen LogP contribution in [0.1, 0.15) is 50.5 Å². The summed E-state index contributed by atoms with van der Waals surface area (Å²) in [6, 6.07) is 8.65. The Morgan fingerprint density at radius 1 is 0.957 bits per heavy atom. The number of hydrogen-bond acceptors (Lipinski definition) is 2. The van der Waals surface area contributed by atoms with Gasteiger partial charge in [0, 0.05) is 31.7 Å². The van der Waals surface area contributed by atoms with Gasteiger partial charge in [0.15, 0.2) is 0 Å². The molecule has 1 aromatic carbocycles. The van der Waals surface area contributed by atoms with Crippen LogP contribution in [0.2, 0.25) is 0 Å². The Bertz CT molecular complexity index is 526. The van der Waals surface area contributed by atoms with Crippen molar-refractivity contribution < 1.29 is 4.39 Å². The molecule has 4 rings (SSSR count). The van der Waals surface area contributed by atoms with E-state index in [9.17, 15) is 4.39 Å². The van der Waals surface area contributed by atoms with Crippen LogP contribution >= 0.6 is 0 Å². The van der Waals surface area contributed by atoms with Crippen LogP contribution in [0.25, 0.3) is 0 Å². The Kier molecular flexibility index (Phi) is 4.68. The summed E-state index contributed by atoms with van der Waals surface area (Å²) in [7, 11) is 0. The maximum absolute atomic E-state index is 13.6. The summed E-state index contributed by atoms with van der Waals surface area (Å²) in [6.07, 6.45) is 9.75. The third-order valence-electron chi connectivity index (χ3n) is 6.31. The molecule has 126 valence electrons. The molecule has 0 radical (unpaired) electrons. The van der Waals surface area contributed by atoms with E-state index in [1.54, 1.807) is 12.1 Å². The zero-order chi connectivity index (χ0) is 15.6. The second kappa shape index (κ2) is 6.90. The van der Waals surface area contributed by atoms with E-state index < -0.39 is 0 Å². The molecule has 0 amide bonds. The zero-order valence-corrected chi connectivity index (χ0v) is 14.1. The van der Waals surface area contributed by atoms with Gasteiger partial charge in [0.2, 0.25) is 0 Å². The fourth-order valence-corrected chi connectivity index (χ4v) is 5.31. The third-order valence-corrected chi connectivity index (χ3v) is 6.31. The van der Waals surface area contributed by atoms with Crippen LogP contribution in [0, 0.1) is 11.7 Å². The van der Waals surface area contributed by atoms with Crippen LogP contribution < -0.4 is 0 Å². The average Bonchev–Trinajstić information content (AvgIpc) is 3.04. The smallest absolute Gasteiger partial charge is 0.123 e. The second-order valence-electron chi connectivity index (χ2n) is 7.73. The van der Waals surface area contributed by atoms with Crippen molar-refractivity contribution in [1.82, 2.24) is 9.80 Å². The number of rotatable bonds is 3. The molecule has 23 heavy (non-hydrogen) atoms. The van der Waals surface area contributed by atoms with Gasteiger partial charge in [0.05, 0.1) is 0 Å². The summed E-state index contributed by atoms with van der Waals surface area (Å²) in [5, 5.41) is 0. The van der Waals surface area contributed by atoms with Crippen molar-refractivity contribution >= 4 is 0 Å². The molecule has 2 heterocycles. The van der Waals surface area contributed by atoms with Gasteiger partial charge in [-0.3, -0.25) is 9.80 Å². The van der Waals surface area contributed by atoms with Crippen LogP contribution in [0.15, 0.2) is 24.3 Å². The monoisotopic (exact) mass is 316 g/mol. The van der Waals surface area contributed by atoms with Crippen molar-refractivity contribution in [3.05, 3.63) is 35.6 Å². The summed E-state index contributed by atoms with van der Waals surface area (Å²) in [4.78, 5) is 5.43. The molecule has 1 saturated carbocycles. The lowest BCUT2D eigenvalue weighted by molar-refractivity contribution is -0.00383. The molecule has 3 fully saturated rings. The highest BCUT2D eigenvalue weighted by Gasteiger charge is 2.42. The van der Waals surface area contributed by atoms with Gasteiger partial charge in [-0.2, -0.15) is 0 Å². The van der Waals surface area contributed by atoms with Gasteiger partial charge in [0.1, 0.15) is 5.82 Å². The number of halogens is 1. The van der Waals surface area contributed by atoms with Gasteiger partial charge in [-0.05, 0) is 55.8 Å². The topological polar surface area (TPSA) is 6.48 Å². The van der Waals surface area contributed by atoms with Crippen molar-refractivity contribution in [1.29, 1.82) is 0 Å². The molecule has 0 spiro atoms. The molecule has 0 aromatic heterocycles.